The first kappa shape index (κ1) is 17.1. The minimum atomic E-state index is -0.595. The van der Waals surface area contributed by atoms with Crippen molar-refractivity contribution in [1.82, 2.24) is 15.2 Å². The maximum absolute atomic E-state index is 12.9. The number of aromatic amines is 1. The fourth-order valence-corrected chi connectivity index (χ4v) is 3.23. The van der Waals surface area contributed by atoms with Crippen molar-refractivity contribution in [3.63, 3.8) is 0 Å². The molecular formula is C20H18FN3O3. The topological polar surface area (TPSA) is 74.4 Å². The summed E-state index contributed by atoms with van der Waals surface area (Å²) in [6.07, 6.45) is 2.29. The molecule has 1 aromatic heterocycles. The van der Waals surface area contributed by atoms with Gasteiger partial charge in [-0.25, -0.2) is 9.18 Å². The number of hydrogen-bond acceptors (Lipinski definition) is 3. The van der Waals surface area contributed by atoms with Gasteiger partial charge < -0.3 is 15.0 Å². The van der Waals surface area contributed by atoms with Crippen LogP contribution in [-0.2, 0) is 11.2 Å². The second-order valence-electron chi connectivity index (χ2n) is 6.36. The number of halogens is 1. The number of carbonyl (C=O) groups is 2. The van der Waals surface area contributed by atoms with Crippen LogP contribution in [0.4, 0.5) is 9.18 Å². The molecule has 7 heteroatoms. The molecule has 4 rings (SSSR count). The van der Waals surface area contributed by atoms with Crippen molar-refractivity contribution in [1.29, 1.82) is 0 Å². The molecule has 1 fully saturated rings. The molecule has 27 heavy (non-hydrogen) atoms. The minimum Gasteiger partial charge on any atom is -0.492 e. The van der Waals surface area contributed by atoms with Gasteiger partial charge in [0.25, 0.3) is 5.91 Å². The van der Waals surface area contributed by atoms with Crippen LogP contribution in [0.2, 0.25) is 0 Å². The number of nitrogens with one attached hydrogen (secondary N) is 2. The number of imide groups is 1. The second-order valence-corrected chi connectivity index (χ2v) is 6.36. The average molecular weight is 367 g/mol. The Labute approximate surface area is 154 Å². The van der Waals surface area contributed by atoms with E-state index >= 15 is 0 Å². The molecule has 1 saturated heterocycles. The highest BCUT2D eigenvalue weighted by molar-refractivity contribution is 6.04. The molecule has 0 radical (unpaired) electrons. The molecule has 6 nitrogen and oxygen atoms in total. The second kappa shape index (κ2) is 7.11. The molecule has 0 spiro atoms. The maximum Gasteiger partial charge on any atom is 0.324 e. The number of benzene rings is 2. The quantitative estimate of drug-likeness (QED) is 0.658. The number of urea groups is 1. The van der Waals surface area contributed by atoms with E-state index < -0.39 is 12.1 Å². The number of ether oxygens (including phenoxy) is 1. The molecule has 0 saturated carbocycles. The highest BCUT2D eigenvalue weighted by Crippen LogP contribution is 2.21. The lowest BCUT2D eigenvalue weighted by Gasteiger charge is -2.13. The Balaban J connectivity index is 1.37. The van der Waals surface area contributed by atoms with Gasteiger partial charge in [0.1, 0.15) is 24.2 Å². The molecule has 1 aliphatic heterocycles. The Morgan fingerprint density at radius 1 is 1.07 bits per heavy atom. The van der Waals surface area contributed by atoms with Crippen LogP contribution in [-0.4, -0.2) is 41.0 Å². The van der Waals surface area contributed by atoms with Crippen LogP contribution in [0, 0.1) is 5.82 Å². The van der Waals surface area contributed by atoms with Crippen LogP contribution < -0.4 is 10.1 Å². The summed E-state index contributed by atoms with van der Waals surface area (Å²) in [4.78, 5) is 29.1. The van der Waals surface area contributed by atoms with E-state index in [0.29, 0.717) is 12.2 Å². The van der Waals surface area contributed by atoms with Crippen molar-refractivity contribution in [3.05, 3.63) is 66.1 Å². The molecule has 0 bridgehead atoms. The highest BCUT2D eigenvalue weighted by atomic mass is 19.1. The third-order valence-corrected chi connectivity index (χ3v) is 4.60. The van der Waals surface area contributed by atoms with Gasteiger partial charge in [0.05, 0.1) is 6.54 Å². The van der Waals surface area contributed by atoms with Crippen LogP contribution in [0.1, 0.15) is 5.56 Å². The molecule has 1 atom stereocenters. The first-order chi connectivity index (χ1) is 13.1. The summed E-state index contributed by atoms with van der Waals surface area (Å²) < 4.78 is 18.4. The lowest BCUT2D eigenvalue weighted by molar-refractivity contribution is -0.127. The van der Waals surface area contributed by atoms with Gasteiger partial charge >= 0.3 is 6.03 Å². The normalized spacial score (nSPS) is 16.8. The molecule has 0 aliphatic carbocycles. The number of rotatable bonds is 6. The zero-order chi connectivity index (χ0) is 18.8. The van der Waals surface area contributed by atoms with Crippen LogP contribution in [0.25, 0.3) is 10.9 Å². The Kier molecular flexibility index (Phi) is 4.50. The van der Waals surface area contributed by atoms with Crippen molar-refractivity contribution in [2.45, 2.75) is 12.5 Å². The summed E-state index contributed by atoms with van der Waals surface area (Å²) in [5, 5.41) is 3.77. The van der Waals surface area contributed by atoms with Crippen molar-refractivity contribution in [2.75, 3.05) is 13.2 Å². The Morgan fingerprint density at radius 3 is 2.67 bits per heavy atom. The lowest BCUT2D eigenvalue weighted by atomic mass is 10.1. The zero-order valence-corrected chi connectivity index (χ0v) is 14.4. The third-order valence-electron chi connectivity index (χ3n) is 4.60. The van der Waals surface area contributed by atoms with Crippen LogP contribution >= 0.6 is 0 Å². The molecular weight excluding hydrogens is 349 g/mol. The minimum absolute atomic E-state index is 0.131. The van der Waals surface area contributed by atoms with Gasteiger partial charge in [-0.05, 0) is 35.9 Å². The Bertz CT molecular complexity index is 984. The first-order valence-electron chi connectivity index (χ1n) is 8.67. The van der Waals surface area contributed by atoms with Crippen LogP contribution in [0.3, 0.4) is 0 Å². The number of carbonyl (C=O) groups excluding carboxylic acids is 2. The first-order valence-corrected chi connectivity index (χ1v) is 8.67. The van der Waals surface area contributed by atoms with Gasteiger partial charge in [-0.3, -0.25) is 9.69 Å². The SMILES string of the molecule is O=C1N[C@@H](Cc2c[nH]c3ccccc23)C(=O)N1CCOc1ccc(F)cc1. The number of nitrogens with zero attached hydrogens (tertiary/aromatic N) is 1. The summed E-state index contributed by atoms with van der Waals surface area (Å²) in [5.74, 6) is -0.136. The number of H-pyrrole nitrogens is 1. The van der Waals surface area contributed by atoms with E-state index in [1.165, 1.54) is 24.3 Å². The molecule has 0 unspecified atom stereocenters. The summed E-state index contributed by atoms with van der Waals surface area (Å²) in [6.45, 7) is 0.275. The van der Waals surface area contributed by atoms with E-state index in [-0.39, 0.29) is 24.9 Å². The summed E-state index contributed by atoms with van der Waals surface area (Å²) in [7, 11) is 0. The Morgan fingerprint density at radius 2 is 1.85 bits per heavy atom. The van der Waals surface area contributed by atoms with E-state index in [1.54, 1.807) is 0 Å². The van der Waals surface area contributed by atoms with Crippen LogP contribution in [0.15, 0.2) is 54.7 Å². The number of para-hydroxylation sites is 1. The molecule has 138 valence electrons. The zero-order valence-electron chi connectivity index (χ0n) is 14.4. The molecule has 3 aromatic rings. The average Bonchev–Trinajstić information content (AvgIpc) is 3.19. The van der Waals surface area contributed by atoms with Gasteiger partial charge in [-0.15, -0.1) is 0 Å². The standard InChI is InChI=1S/C20H18FN3O3/c21-14-5-7-15(8-6-14)27-10-9-24-19(25)18(23-20(24)26)11-13-12-22-17-4-2-1-3-16(13)17/h1-8,12,18,22H,9-11H2,(H,23,26)/t18-/m0/s1. The molecule has 2 heterocycles. The molecule has 2 aromatic carbocycles. The summed E-state index contributed by atoms with van der Waals surface area (Å²) in [6, 6.07) is 12.4. The van der Waals surface area contributed by atoms with Crippen molar-refractivity contribution < 1.29 is 18.7 Å². The predicted octanol–water partition coefficient (Wildman–Crippen LogP) is 2.85. The van der Waals surface area contributed by atoms with Crippen molar-refractivity contribution in [3.8, 4) is 5.75 Å². The molecule has 1 aliphatic rings. The maximum atomic E-state index is 12.9. The van der Waals surface area contributed by atoms with E-state index in [1.807, 2.05) is 30.5 Å². The smallest absolute Gasteiger partial charge is 0.324 e. The lowest BCUT2D eigenvalue weighted by Crippen LogP contribution is -2.35. The van der Waals surface area contributed by atoms with E-state index in [9.17, 15) is 14.0 Å². The van der Waals surface area contributed by atoms with Gasteiger partial charge in [0, 0.05) is 23.5 Å². The van der Waals surface area contributed by atoms with Crippen molar-refractivity contribution in [2.24, 2.45) is 0 Å². The molecule has 2 N–H and O–H groups in total. The third kappa shape index (κ3) is 3.48. The van der Waals surface area contributed by atoms with E-state index in [2.05, 4.69) is 10.3 Å². The van der Waals surface area contributed by atoms with Gasteiger partial charge in [0.2, 0.25) is 0 Å². The largest absolute Gasteiger partial charge is 0.492 e. The molecule has 3 amide bonds. The van der Waals surface area contributed by atoms with Gasteiger partial charge in [0.15, 0.2) is 0 Å². The predicted molar refractivity (Wildman–Crippen MR) is 97.9 cm³/mol. The van der Waals surface area contributed by atoms with Crippen molar-refractivity contribution >= 4 is 22.8 Å². The number of hydrogen-bond donors (Lipinski definition) is 2. The van der Waals surface area contributed by atoms with Gasteiger partial charge in [-0.2, -0.15) is 0 Å². The number of aromatic nitrogens is 1. The summed E-state index contributed by atoms with van der Waals surface area (Å²) >= 11 is 0. The van der Waals surface area contributed by atoms with Gasteiger partial charge in [-0.1, -0.05) is 18.2 Å². The van der Waals surface area contributed by atoms with Crippen LogP contribution in [0.5, 0.6) is 5.75 Å². The van der Waals surface area contributed by atoms with E-state index in [4.69, 9.17) is 4.74 Å². The fourth-order valence-electron chi connectivity index (χ4n) is 3.23. The number of fused-ring (bicyclic) bond motifs is 1. The number of amides is 3. The Hall–Kier alpha value is -3.35. The monoisotopic (exact) mass is 367 g/mol. The van der Waals surface area contributed by atoms with E-state index in [0.717, 1.165) is 21.4 Å². The highest BCUT2D eigenvalue weighted by Gasteiger charge is 2.37. The summed E-state index contributed by atoms with van der Waals surface area (Å²) in [5.41, 5.74) is 1.97. The fraction of sp³-hybridized carbons (Fsp3) is 0.200.